The molecule has 1 aliphatic heterocycles. The predicted octanol–water partition coefficient (Wildman–Crippen LogP) is 0.162. The van der Waals surface area contributed by atoms with Crippen LogP contribution in [0.3, 0.4) is 0 Å². The van der Waals surface area contributed by atoms with Gasteiger partial charge in [0.25, 0.3) is 5.56 Å². The zero-order chi connectivity index (χ0) is 22.8. The van der Waals surface area contributed by atoms with E-state index in [1.807, 2.05) is 4.90 Å². The Morgan fingerprint density at radius 3 is 2.84 bits per heavy atom. The normalized spacial score (nSPS) is 15.9. The Bertz CT molecular complexity index is 1400. The Kier molecular flexibility index (Phi) is 5.80. The Balaban J connectivity index is 1.94. The van der Waals surface area contributed by atoms with Crippen LogP contribution in [0, 0.1) is 23.2 Å². The lowest BCUT2D eigenvalue weighted by atomic mass is 10.1. The second-order valence-corrected chi connectivity index (χ2v) is 7.79. The SMILES string of the molecule is CC#CCn1c(N2CCC[C@@H](N)C2)nc2c1c(=O)n(Cc1ncccc1C#N)c(=O)n2C. The highest BCUT2D eigenvalue weighted by atomic mass is 16.2. The average Bonchev–Trinajstić information content (AvgIpc) is 3.19. The highest BCUT2D eigenvalue weighted by Gasteiger charge is 2.26. The third kappa shape index (κ3) is 3.66. The maximum atomic E-state index is 13.5. The molecule has 0 unspecified atom stereocenters. The van der Waals surface area contributed by atoms with E-state index in [1.54, 1.807) is 30.7 Å². The topological polar surface area (TPSA) is 128 Å². The molecule has 10 heteroatoms. The monoisotopic (exact) mass is 432 g/mol. The van der Waals surface area contributed by atoms with Crippen LogP contribution in [0.15, 0.2) is 27.9 Å². The van der Waals surface area contributed by atoms with Crippen LogP contribution in [0.25, 0.3) is 11.2 Å². The van der Waals surface area contributed by atoms with Gasteiger partial charge in [-0.1, -0.05) is 5.92 Å². The number of nitrogens with two attached hydrogens (primary N) is 1. The summed E-state index contributed by atoms with van der Waals surface area (Å²) < 4.78 is 4.20. The van der Waals surface area contributed by atoms with Crippen molar-refractivity contribution in [3.8, 4) is 17.9 Å². The lowest BCUT2D eigenvalue weighted by molar-refractivity contribution is 0.496. The van der Waals surface area contributed by atoms with Crippen LogP contribution in [0.1, 0.15) is 31.0 Å². The molecule has 1 aliphatic rings. The molecular formula is C22H24N8O2. The number of nitriles is 1. The first-order valence-corrected chi connectivity index (χ1v) is 10.4. The smallest absolute Gasteiger partial charge is 0.332 e. The van der Waals surface area contributed by atoms with E-state index in [4.69, 9.17) is 5.73 Å². The number of piperidine rings is 1. The minimum atomic E-state index is -0.523. The number of imidazole rings is 1. The minimum absolute atomic E-state index is 0.0170. The van der Waals surface area contributed by atoms with Gasteiger partial charge in [0.1, 0.15) is 6.07 Å². The fraction of sp³-hybridized carbons (Fsp3) is 0.409. The maximum absolute atomic E-state index is 13.5. The molecule has 32 heavy (non-hydrogen) atoms. The van der Waals surface area contributed by atoms with Gasteiger partial charge < -0.3 is 10.6 Å². The Morgan fingerprint density at radius 2 is 2.12 bits per heavy atom. The van der Waals surface area contributed by atoms with Crippen molar-refractivity contribution in [2.24, 2.45) is 12.8 Å². The number of aromatic nitrogens is 5. The van der Waals surface area contributed by atoms with Crippen LogP contribution in [-0.2, 0) is 20.1 Å². The molecule has 0 amide bonds. The Morgan fingerprint density at radius 1 is 1.31 bits per heavy atom. The first kappa shape index (κ1) is 21.3. The van der Waals surface area contributed by atoms with Gasteiger partial charge in [-0.05, 0) is 31.9 Å². The van der Waals surface area contributed by atoms with Crippen molar-refractivity contribution in [3.05, 3.63) is 50.4 Å². The lowest BCUT2D eigenvalue weighted by Crippen LogP contribution is -2.44. The van der Waals surface area contributed by atoms with E-state index in [9.17, 15) is 14.9 Å². The van der Waals surface area contributed by atoms with E-state index in [2.05, 4.69) is 27.9 Å². The highest BCUT2D eigenvalue weighted by molar-refractivity contribution is 5.75. The fourth-order valence-electron chi connectivity index (χ4n) is 4.06. The van der Waals surface area contributed by atoms with E-state index < -0.39 is 11.2 Å². The molecule has 164 valence electrons. The van der Waals surface area contributed by atoms with Crippen LogP contribution in [-0.4, -0.2) is 42.8 Å². The molecule has 0 bridgehead atoms. The van der Waals surface area contributed by atoms with Crippen molar-refractivity contribution < 1.29 is 0 Å². The van der Waals surface area contributed by atoms with Crippen molar-refractivity contribution >= 4 is 17.1 Å². The molecule has 4 heterocycles. The number of rotatable bonds is 4. The second-order valence-electron chi connectivity index (χ2n) is 7.79. The number of aryl methyl sites for hydroxylation is 1. The lowest BCUT2D eigenvalue weighted by Gasteiger charge is -2.31. The average molecular weight is 432 g/mol. The van der Waals surface area contributed by atoms with Gasteiger partial charge in [0.2, 0.25) is 5.95 Å². The van der Waals surface area contributed by atoms with E-state index in [0.717, 1.165) is 24.0 Å². The molecule has 1 fully saturated rings. The predicted molar refractivity (Wildman–Crippen MR) is 120 cm³/mol. The number of hydrogen-bond donors (Lipinski definition) is 1. The first-order valence-electron chi connectivity index (χ1n) is 10.4. The van der Waals surface area contributed by atoms with E-state index in [1.165, 1.54) is 10.8 Å². The summed E-state index contributed by atoms with van der Waals surface area (Å²) in [4.78, 5) is 37.5. The molecule has 10 nitrogen and oxygen atoms in total. The van der Waals surface area contributed by atoms with Crippen LogP contribution < -0.4 is 21.9 Å². The van der Waals surface area contributed by atoms with Gasteiger partial charge in [0.15, 0.2) is 11.2 Å². The second kappa shape index (κ2) is 8.69. The van der Waals surface area contributed by atoms with E-state index in [-0.39, 0.29) is 19.1 Å². The molecule has 0 radical (unpaired) electrons. The molecule has 3 aromatic heterocycles. The molecule has 0 spiro atoms. The molecule has 1 saturated heterocycles. The van der Waals surface area contributed by atoms with Gasteiger partial charge in [-0.25, -0.2) is 4.79 Å². The third-order valence-corrected chi connectivity index (χ3v) is 5.69. The maximum Gasteiger partial charge on any atom is 0.332 e. The summed E-state index contributed by atoms with van der Waals surface area (Å²) in [5, 5.41) is 9.37. The van der Waals surface area contributed by atoms with Crippen molar-refractivity contribution in [2.45, 2.75) is 38.9 Å². The Labute approximate surface area is 184 Å². The van der Waals surface area contributed by atoms with Crippen LogP contribution in [0.5, 0.6) is 0 Å². The number of anilines is 1. The Hall–Kier alpha value is -3.89. The van der Waals surface area contributed by atoms with Gasteiger partial charge >= 0.3 is 5.69 Å². The van der Waals surface area contributed by atoms with Crippen molar-refractivity contribution in [1.29, 1.82) is 5.26 Å². The molecule has 1 atom stereocenters. The number of hydrogen-bond acceptors (Lipinski definition) is 7. The number of fused-ring (bicyclic) bond motifs is 1. The molecule has 0 aliphatic carbocycles. The third-order valence-electron chi connectivity index (χ3n) is 5.69. The molecule has 2 N–H and O–H groups in total. The first-order chi connectivity index (χ1) is 15.5. The van der Waals surface area contributed by atoms with Crippen LogP contribution in [0.4, 0.5) is 5.95 Å². The number of nitrogens with zero attached hydrogens (tertiary/aromatic N) is 7. The zero-order valence-electron chi connectivity index (χ0n) is 18.1. The van der Waals surface area contributed by atoms with Gasteiger partial charge in [0, 0.05) is 32.4 Å². The summed E-state index contributed by atoms with van der Waals surface area (Å²) in [5.41, 5.74) is 6.41. The molecule has 0 aromatic carbocycles. The summed E-state index contributed by atoms with van der Waals surface area (Å²) in [6.45, 7) is 3.26. The van der Waals surface area contributed by atoms with Crippen molar-refractivity contribution in [3.63, 3.8) is 0 Å². The largest absolute Gasteiger partial charge is 0.341 e. The molecule has 0 saturated carbocycles. The van der Waals surface area contributed by atoms with Gasteiger partial charge in [-0.3, -0.25) is 23.5 Å². The molecule has 3 aromatic rings. The van der Waals surface area contributed by atoms with Crippen LogP contribution in [0.2, 0.25) is 0 Å². The molecular weight excluding hydrogens is 408 g/mol. The van der Waals surface area contributed by atoms with Crippen molar-refractivity contribution in [1.82, 2.24) is 23.7 Å². The summed E-state index contributed by atoms with van der Waals surface area (Å²) >= 11 is 0. The quantitative estimate of drug-likeness (QED) is 0.582. The minimum Gasteiger partial charge on any atom is -0.341 e. The standard InChI is InChI=1S/C22H24N8O2/c1-3-4-11-29-18-19(26-21(29)28-10-6-8-16(24)13-28)27(2)22(32)30(20(18)31)14-17-15(12-23)7-5-9-25-17/h5,7,9,16H,6,8,10-11,13-14,24H2,1-2H3/t16-/m1/s1. The fourth-order valence-corrected chi connectivity index (χ4v) is 4.06. The molecule has 4 rings (SSSR count). The summed E-state index contributed by atoms with van der Waals surface area (Å²) in [6.07, 6.45) is 3.38. The van der Waals surface area contributed by atoms with Gasteiger partial charge in [-0.2, -0.15) is 10.2 Å². The summed E-state index contributed by atoms with van der Waals surface area (Å²) in [5.74, 6) is 6.45. The van der Waals surface area contributed by atoms with E-state index >= 15 is 0 Å². The number of pyridine rings is 1. The van der Waals surface area contributed by atoms with E-state index in [0.29, 0.717) is 34.9 Å². The highest BCUT2D eigenvalue weighted by Crippen LogP contribution is 2.22. The summed E-state index contributed by atoms with van der Waals surface area (Å²) in [6, 6.07) is 5.32. The van der Waals surface area contributed by atoms with Crippen LogP contribution >= 0.6 is 0 Å². The zero-order valence-corrected chi connectivity index (χ0v) is 18.1. The van der Waals surface area contributed by atoms with Crippen molar-refractivity contribution in [2.75, 3.05) is 18.0 Å². The van der Waals surface area contributed by atoms with Gasteiger partial charge in [0.05, 0.1) is 24.3 Å². The van der Waals surface area contributed by atoms with Gasteiger partial charge in [-0.15, -0.1) is 5.92 Å². The summed E-state index contributed by atoms with van der Waals surface area (Å²) in [7, 11) is 1.58.